The zero-order valence-corrected chi connectivity index (χ0v) is 13.7. The molecule has 0 aromatic rings. The van der Waals surface area contributed by atoms with Crippen LogP contribution in [-0.4, -0.2) is 30.8 Å². The smallest absolute Gasteiger partial charge is 0.425 e. The van der Waals surface area contributed by atoms with Crippen LogP contribution in [0, 0.1) is 17.8 Å². The first-order valence-corrected chi connectivity index (χ1v) is 7.36. The Hall–Kier alpha value is -1.27. The minimum absolute atomic E-state index is 0.0386. The second kappa shape index (κ2) is 9.00. The molecule has 22 heavy (non-hydrogen) atoms. The molecule has 7 heteroatoms. The lowest BCUT2D eigenvalue weighted by Crippen LogP contribution is -2.34. The second-order valence-electron chi connectivity index (χ2n) is 6.23. The van der Waals surface area contributed by atoms with Gasteiger partial charge in [0.2, 0.25) is 0 Å². The largest absolute Gasteiger partial charge is 0.465 e. The van der Waals surface area contributed by atoms with Crippen LogP contribution in [0.1, 0.15) is 47.5 Å². The predicted octanol–water partition coefficient (Wildman–Crippen LogP) is 3.73. The number of carbonyl (C=O) groups is 2. The molecule has 0 aliphatic rings. The number of carbonyl (C=O) groups excluding carboxylic acids is 2. The van der Waals surface area contributed by atoms with Gasteiger partial charge in [-0.3, -0.25) is 9.59 Å². The number of halogens is 3. The average molecular weight is 326 g/mol. The van der Waals surface area contributed by atoms with Gasteiger partial charge in [-0.25, -0.2) is 0 Å². The third kappa shape index (κ3) is 8.89. The summed E-state index contributed by atoms with van der Waals surface area (Å²) in [6.45, 7) is 8.32. The Balaban J connectivity index is 4.69. The van der Waals surface area contributed by atoms with Crippen LogP contribution in [0.3, 0.4) is 0 Å². The van der Waals surface area contributed by atoms with Crippen molar-refractivity contribution in [1.29, 1.82) is 0 Å². The Morgan fingerprint density at radius 2 is 1.55 bits per heavy atom. The molecule has 0 aliphatic carbocycles. The van der Waals surface area contributed by atoms with Gasteiger partial charge < -0.3 is 9.47 Å². The van der Waals surface area contributed by atoms with Crippen molar-refractivity contribution in [2.45, 2.75) is 59.7 Å². The van der Waals surface area contributed by atoms with Crippen molar-refractivity contribution in [3.63, 3.8) is 0 Å². The van der Waals surface area contributed by atoms with Crippen LogP contribution < -0.4 is 0 Å². The topological polar surface area (TPSA) is 52.6 Å². The Labute approximate surface area is 129 Å². The molecule has 0 N–H and O–H groups in total. The van der Waals surface area contributed by atoms with E-state index in [0.717, 1.165) is 6.92 Å². The minimum Gasteiger partial charge on any atom is -0.465 e. The van der Waals surface area contributed by atoms with Gasteiger partial charge in [0, 0.05) is 0 Å². The number of alkyl halides is 3. The molecule has 0 bridgehead atoms. The van der Waals surface area contributed by atoms with E-state index in [-0.39, 0.29) is 31.3 Å². The van der Waals surface area contributed by atoms with E-state index in [1.807, 2.05) is 27.7 Å². The van der Waals surface area contributed by atoms with Crippen molar-refractivity contribution >= 4 is 11.9 Å². The van der Waals surface area contributed by atoms with Gasteiger partial charge in [0.15, 0.2) is 6.10 Å². The van der Waals surface area contributed by atoms with E-state index in [2.05, 4.69) is 4.74 Å². The van der Waals surface area contributed by atoms with Crippen LogP contribution in [-0.2, 0) is 19.1 Å². The first-order chi connectivity index (χ1) is 9.93. The van der Waals surface area contributed by atoms with Gasteiger partial charge in [0.1, 0.15) is 0 Å². The average Bonchev–Trinajstić information content (AvgIpc) is 2.33. The maximum absolute atomic E-state index is 12.4. The number of rotatable bonds is 8. The van der Waals surface area contributed by atoms with Gasteiger partial charge in [0.05, 0.1) is 18.9 Å². The van der Waals surface area contributed by atoms with Crippen molar-refractivity contribution < 1.29 is 32.2 Å². The van der Waals surface area contributed by atoms with Crippen LogP contribution in [0.5, 0.6) is 0 Å². The maximum Gasteiger partial charge on any atom is 0.425 e. The molecule has 2 atom stereocenters. The second-order valence-corrected chi connectivity index (χ2v) is 6.23. The van der Waals surface area contributed by atoms with Crippen LogP contribution in [0.25, 0.3) is 0 Å². The standard InChI is InChI=1S/C15H25F3O4/c1-9(2)6-12(7-13(19)21-8-10(3)4)14(20)22-11(5)15(16,17)18/h9-12H,6-8H2,1-5H3. The maximum atomic E-state index is 12.4. The van der Waals surface area contributed by atoms with E-state index in [0.29, 0.717) is 0 Å². The fourth-order valence-corrected chi connectivity index (χ4v) is 1.69. The summed E-state index contributed by atoms with van der Waals surface area (Å²) in [6.07, 6.45) is -6.81. The molecule has 130 valence electrons. The lowest BCUT2D eigenvalue weighted by atomic mass is 9.94. The SMILES string of the molecule is CC(C)COC(=O)CC(CC(C)C)C(=O)OC(C)C(F)(F)F. The number of hydrogen-bond acceptors (Lipinski definition) is 4. The molecular formula is C15H25F3O4. The first-order valence-electron chi connectivity index (χ1n) is 7.36. The summed E-state index contributed by atoms with van der Waals surface area (Å²) >= 11 is 0. The molecule has 0 radical (unpaired) electrons. The summed E-state index contributed by atoms with van der Waals surface area (Å²) in [5.41, 5.74) is 0. The quantitative estimate of drug-likeness (QED) is 0.638. The molecule has 0 aromatic heterocycles. The highest BCUT2D eigenvalue weighted by Crippen LogP contribution is 2.25. The summed E-state index contributed by atoms with van der Waals surface area (Å²) in [6, 6.07) is 0. The molecule has 0 aromatic carbocycles. The predicted molar refractivity (Wildman–Crippen MR) is 75.0 cm³/mol. The lowest BCUT2D eigenvalue weighted by Gasteiger charge is -2.21. The fraction of sp³-hybridized carbons (Fsp3) is 0.867. The fourth-order valence-electron chi connectivity index (χ4n) is 1.69. The van der Waals surface area contributed by atoms with Gasteiger partial charge in [-0.1, -0.05) is 27.7 Å². The Bertz CT molecular complexity index is 364. The van der Waals surface area contributed by atoms with E-state index in [1.165, 1.54) is 0 Å². The molecule has 2 unspecified atom stereocenters. The monoisotopic (exact) mass is 326 g/mol. The Morgan fingerprint density at radius 1 is 1.00 bits per heavy atom. The van der Waals surface area contributed by atoms with Gasteiger partial charge in [0.25, 0.3) is 0 Å². The van der Waals surface area contributed by atoms with Crippen molar-refractivity contribution in [3.8, 4) is 0 Å². The van der Waals surface area contributed by atoms with E-state index in [4.69, 9.17) is 4.74 Å². The molecule has 0 heterocycles. The minimum atomic E-state index is -4.61. The van der Waals surface area contributed by atoms with Crippen LogP contribution in [0.15, 0.2) is 0 Å². The molecule has 0 aliphatic heterocycles. The van der Waals surface area contributed by atoms with Gasteiger partial charge in [-0.15, -0.1) is 0 Å². The van der Waals surface area contributed by atoms with Gasteiger partial charge in [-0.05, 0) is 25.2 Å². The molecule has 0 saturated carbocycles. The molecule has 0 saturated heterocycles. The van der Waals surface area contributed by atoms with Crippen LogP contribution >= 0.6 is 0 Å². The van der Waals surface area contributed by atoms with Crippen molar-refractivity contribution in [2.24, 2.45) is 17.8 Å². The van der Waals surface area contributed by atoms with Crippen LogP contribution in [0.4, 0.5) is 13.2 Å². The third-order valence-corrected chi connectivity index (χ3v) is 2.83. The molecule has 4 nitrogen and oxygen atoms in total. The summed E-state index contributed by atoms with van der Waals surface area (Å²) in [4.78, 5) is 23.6. The van der Waals surface area contributed by atoms with Crippen molar-refractivity contribution in [2.75, 3.05) is 6.61 Å². The molecular weight excluding hydrogens is 301 g/mol. The molecule has 0 amide bonds. The lowest BCUT2D eigenvalue weighted by molar-refractivity contribution is -0.219. The van der Waals surface area contributed by atoms with Crippen LogP contribution in [0.2, 0.25) is 0 Å². The first kappa shape index (κ1) is 20.7. The van der Waals surface area contributed by atoms with E-state index < -0.39 is 30.1 Å². The zero-order chi connectivity index (χ0) is 17.5. The highest BCUT2D eigenvalue weighted by molar-refractivity contribution is 5.80. The molecule has 0 rings (SSSR count). The Kier molecular flexibility index (Phi) is 8.48. The van der Waals surface area contributed by atoms with Crippen molar-refractivity contribution in [3.05, 3.63) is 0 Å². The third-order valence-electron chi connectivity index (χ3n) is 2.83. The number of esters is 2. The van der Waals surface area contributed by atoms with Crippen molar-refractivity contribution in [1.82, 2.24) is 0 Å². The van der Waals surface area contributed by atoms with Gasteiger partial charge in [-0.2, -0.15) is 13.2 Å². The number of ether oxygens (including phenoxy) is 2. The summed E-state index contributed by atoms with van der Waals surface area (Å²) in [5, 5.41) is 0. The normalized spacial score (nSPS) is 14.8. The van der Waals surface area contributed by atoms with Gasteiger partial charge >= 0.3 is 18.1 Å². The van der Waals surface area contributed by atoms with E-state index >= 15 is 0 Å². The highest BCUT2D eigenvalue weighted by Gasteiger charge is 2.40. The summed E-state index contributed by atoms with van der Waals surface area (Å²) < 4.78 is 46.7. The molecule has 0 spiro atoms. The van der Waals surface area contributed by atoms with E-state index in [1.54, 1.807) is 0 Å². The summed E-state index contributed by atoms with van der Waals surface area (Å²) in [5.74, 6) is -2.36. The molecule has 0 fully saturated rings. The Morgan fingerprint density at radius 3 is 1.95 bits per heavy atom. The zero-order valence-electron chi connectivity index (χ0n) is 13.7. The highest BCUT2D eigenvalue weighted by atomic mass is 19.4. The summed E-state index contributed by atoms with van der Waals surface area (Å²) in [7, 11) is 0. The number of hydrogen-bond donors (Lipinski definition) is 0. The van der Waals surface area contributed by atoms with E-state index in [9.17, 15) is 22.8 Å².